The Morgan fingerprint density at radius 1 is 1.03 bits per heavy atom. The first-order valence-electron chi connectivity index (χ1n) is 9.46. The first kappa shape index (κ1) is 21.1. The van der Waals surface area contributed by atoms with Crippen LogP contribution >= 0.6 is 11.8 Å². The van der Waals surface area contributed by atoms with Crippen molar-refractivity contribution in [2.24, 2.45) is 5.14 Å². The zero-order valence-electron chi connectivity index (χ0n) is 16.6. The summed E-state index contributed by atoms with van der Waals surface area (Å²) in [6, 6.07) is 23.5. The molecule has 1 amide bonds. The molecule has 0 saturated carbocycles. The first-order valence-corrected chi connectivity index (χ1v) is 11.9. The smallest absolute Gasteiger partial charge is 0.238 e. The second-order valence-corrected chi connectivity index (χ2v) is 9.75. The van der Waals surface area contributed by atoms with Gasteiger partial charge in [-0.15, -0.1) is 0 Å². The van der Waals surface area contributed by atoms with Crippen molar-refractivity contribution < 1.29 is 13.2 Å². The van der Waals surface area contributed by atoms with Gasteiger partial charge in [-0.25, -0.2) is 18.5 Å². The Hall–Kier alpha value is -3.14. The molecule has 0 bridgehead atoms. The predicted molar refractivity (Wildman–Crippen MR) is 123 cm³/mol. The quantitative estimate of drug-likeness (QED) is 0.433. The van der Waals surface area contributed by atoms with Gasteiger partial charge in [0.1, 0.15) is 0 Å². The number of imidazole rings is 1. The molecule has 0 aliphatic carbocycles. The molecule has 4 aromatic rings. The number of hydrogen-bond donors (Lipinski definition) is 2. The molecule has 158 valence electrons. The minimum absolute atomic E-state index is 0.0588. The highest BCUT2D eigenvalue weighted by Gasteiger charge is 2.21. The first-order chi connectivity index (χ1) is 14.8. The number of amides is 1. The summed E-state index contributed by atoms with van der Waals surface area (Å²) in [4.78, 5) is 17.4. The van der Waals surface area contributed by atoms with Crippen molar-refractivity contribution in [2.75, 3.05) is 5.32 Å². The molecular weight excluding hydrogens is 432 g/mol. The van der Waals surface area contributed by atoms with Gasteiger partial charge in [0.15, 0.2) is 5.16 Å². The lowest BCUT2D eigenvalue weighted by molar-refractivity contribution is -0.115. The van der Waals surface area contributed by atoms with Crippen molar-refractivity contribution in [1.29, 1.82) is 0 Å². The molecule has 1 atom stereocenters. The van der Waals surface area contributed by atoms with Crippen molar-refractivity contribution in [3.8, 4) is 5.69 Å². The van der Waals surface area contributed by atoms with Crippen molar-refractivity contribution >= 4 is 44.4 Å². The van der Waals surface area contributed by atoms with Crippen molar-refractivity contribution in [3.05, 3.63) is 78.9 Å². The summed E-state index contributed by atoms with van der Waals surface area (Å²) in [5.74, 6) is -0.275. The van der Waals surface area contributed by atoms with Crippen LogP contribution in [0.2, 0.25) is 0 Å². The number of para-hydroxylation sites is 3. The molecule has 1 aromatic heterocycles. The standard InChI is InChI=1S/C22H20N4O3S2/c1-15(21(27)24-16-8-7-11-18(14-16)31(23,28)29)30-22-25-19-12-5-6-13-20(19)26(22)17-9-3-2-4-10-17/h2-15H,1H3,(H,24,27)(H2,23,28,29)/t15-/m0/s1. The fourth-order valence-corrected chi connectivity index (χ4v) is 4.62. The second kappa shape index (κ2) is 8.54. The van der Waals surface area contributed by atoms with Crippen LogP contribution in [0.5, 0.6) is 0 Å². The van der Waals surface area contributed by atoms with Gasteiger partial charge < -0.3 is 5.32 Å². The third-order valence-corrected chi connectivity index (χ3v) is 6.59. The van der Waals surface area contributed by atoms with Crippen LogP contribution in [0.3, 0.4) is 0 Å². The molecule has 0 fully saturated rings. The Bertz CT molecular complexity index is 1350. The van der Waals surface area contributed by atoms with Crippen LogP contribution in [0.15, 0.2) is 88.9 Å². The van der Waals surface area contributed by atoms with Gasteiger partial charge in [0.2, 0.25) is 15.9 Å². The van der Waals surface area contributed by atoms with Gasteiger partial charge in [-0.05, 0) is 49.4 Å². The van der Waals surface area contributed by atoms with E-state index in [-0.39, 0.29) is 10.8 Å². The van der Waals surface area contributed by atoms with Crippen LogP contribution in [0.4, 0.5) is 5.69 Å². The van der Waals surface area contributed by atoms with Crippen LogP contribution in [0, 0.1) is 0 Å². The Labute approximate surface area is 184 Å². The van der Waals surface area contributed by atoms with Crippen LogP contribution in [0.1, 0.15) is 6.92 Å². The Morgan fingerprint density at radius 3 is 2.48 bits per heavy atom. The Morgan fingerprint density at radius 2 is 1.74 bits per heavy atom. The van der Waals surface area contributed by atoms with Crippen molar-refractivity contribution in [2.45, 2.75) is 22.2 Å². The number of hydrogen-bond acceptors (Lipinski definition) is 5. The van der Waals surface area contributed by atoms with E-state index >= 15 is 0 Å². The van der Waals surface area contributed by atoms with E-state index in [4.69, 9.17) is 10.1 Å². The lowest BCUT2D eigenvalue weighted by atomic mass is 10.3. The highest BCUT2D eigenvalue weighted by atomic mass is 32.2. The second-order valence-electron chi connectivity index (χ2n) is 6.88. The highest BCUT2D eigenvalue weighted by molar-refractivity contribution is 8.00. The van der Waals surface area contributed by atoms with E-state index < -0.39 is 15.3 Å². The number of nitrogens with zero attached hydrogens (tertiary/aromatic N) is 2. The van der Waals surface area contributed by atoms with Gasteiger partial charge >= 0.3 is 0 Å². The maximum atomic E-state index is 12.8. The van der Waals surface area contributed by atoms with Crippen LogP contribution < -0.4 is 10.5 Å². The fourth-order valence-electron chi connectivity index (χ4n) is 3.12. The molecule has 3 N–H and O–H groups in total. The van der Waals surface area contributed by atoms with Gasteiger partial charge in [-0.3, -0.25) is 9.36 Å². The number of nitrogens with two attached hydrogens (primary N) is 1. The number of rotatable bonds is 6. The topological polar surface area (TPSA) is 107 Å². The number of carbonyl (C=O) groups excluding carboxylic acids is 1. The number of sulfonamides is 1. The van der Waals surface area contributed by atoms with Gasteiger partial charge in [0.05, 0.1) is 21.2 Å². The number of aromatic nitrogens is 2. The van der Waals surface area contributed by atoms with Crippen molar-refractivity contribution in [3.63, 3.8) is 0 Å². The molecule has 31 heavy (non-hydrogen) atoms. The monoisotopic (exact) mass is 452 g/mol. The van der Waals surface area contributed by atoms with Crippen LogP contribution in [-0.4, -0.2) is 29.1 Å². The lowest BCUT2D eigenvalue weighted by Crippen LogP contribution is -2.23. The number of primary sulfonamides is 1. The van der Waals surface area contributed by atoms with E-state index in [0.29, 0.717) is 10.8 Å². The van der Waals surface area contributed by atoms with E-state index in [1.807, 2.05) is 59.2 Å². The van der Waals surface area contributed by atoms with E-state index in [1.165, 1.54) is 30.0 Å². The SMILES string of the molecule is C[C@H](Sc1nc2ccccc2n1-c1ccccc1)C(=O)Nc1cccc(S(N)(=O)=O)c1. The number of benzene rings is 3. The molecule has 9 heteroatoms. The average molecular weight is 453 g/mol. The van der Waals surface area contributed by atoms with E-state index in [0.717, 1.165) is 16.7 Å². The summed E-state index contributed by atoms with van der Waals surface area (Å²) in [5, 5.41) is 8.12. The molecule has 3 aromatic carbocycles. The summed E-state index contributed by atoms with van der Waals surface area (Å²) in [5.41, 5.74) is 3.10. The number of thioether (sulfide) groups is 1. The zero-order chi connectivity index (χ0) is 22.0. The van der Waals surface area contributed by atoms with Crippen molar-refractivity contribution in [1.82, 2.24) is 9.55 Å². The Kier molecular flexibility index (Phi) is 5.81. The van der Waals surface area contributed by atoms with Crippen LogP contribution in [-0.2, 0) is 14.8 Å². The average Bonchev–Trinajstić information content (AvgIpc) is 3.11. The third kappa shape index (κ3) is 4.63. The van der Waals surface area contributed by atoms with E-state index in [1.54, 1.807) is 13.0 Å². The summed E-state index contributed by atoms with van der Waals surface area (Å²) in [6.07, 6.45) is 0. The van der Waals surface area contributed by atoms with E-state index in [2.05, 4.69) is 5.32 Å². The maximum absolute atomic E-state index is 12.8. The van der Waals surface area contributed by atoms with Crippen LogP contribution in [0.25, 0.3) is 16.7 Å². The van der Waals surface area contributed by atoms with Gasteiger partial charge in [-0.2, -0.15) is 0 Å². The molecule has 0 unspecified atom stereocenters. The summed E-state index contributed by atoms with van der Waals surface area (Å²) in [7, 11) is -3.85. The number of fused-ring (bicyclic) bond motifs is 1. The highest BCUT2D eigenvalue weighted by Crippen LogP contribution is 2.31. The normalized spacial score (nSPS) is 12.6. The minimum atomic E-state index is -3.85. The number of anilines is 1. The molecule has 1 heterocycles. The molecule has 0 radical (unpaired) electrons. The summed E-state index contributed by atoms with van der Waals surface area (Å²) in [6.45, 7) is 1.78. The molecular formula is C22H20N4O3S2. The predicted octanol–water partition coefficient (Wildman–Crippen LogP) is 3.79. The molecule has 4 rings (SSSR count). The Balaban J connectivity index is 1.60. The molecule has 0 aliphatic heterocycles. The van der Waals surface area contributed by atoms with E-state index in [9.17, 15) is 13.2 Å². The number of carbonyl (C=O) groups is 1. The van der Waals surface area contributed by atoms with Gasteiger partial charge in [0, 0.05) is 11.4 Å². The molecule has 0 aliphatic rings. The maximum Gasteiger partial charge on any atom is 0.238 e. The van der Waals surface area contributed by atoms with Gasteiger partial charge in [-0.1, -0.05) is 48.2 Å². The lowest BCUT2D eigenvalue weighted by Gasteiger charge is -2.14. The largest absolute Gasteiger partial charge is 0.325 e. The fraction of sp³-hybridized carbons (Fsp3) is 0.0909. The zero-order valence-corrected chi connectivity index (χ0v) is 18.2. The third-order valence-electron chi connectivity index (χ3n) is 4.63. The summed E-state index contributed by atoms with van der Waals surface area (Å²) >= 11 is 1.32. The molecule has 0 saturated heterocycles. The summed E-state index contributed by atoms with van der Waals surface area (Å²) < 4.78 is 25.1. The molecule has 7 nitrogen and oxygen atoms in total. The molecule has 0 spiro atoms. The number of nitrogens with one attached hydrogen (secondary N) is 1. The minimum Gasteiger partial charge on any atom is -0.325 e. The van der Waals surface area contributed by atoms with Gasteiger partial charge in [0.25, 0.3) is 0 Å².